The van der Waals surface area contributed by atoms with Gasteiger partial charge in [0.15, 0.2) is 0 Å². The molecule has 2 aromatic carbocycles. The van der Waals surface area contributed by atoms with Crippen molar-refractivity contribution >= 4 is 52.5 Å². The maximum atomic E-state index is 11.2. The van der Waals surface area contributed by atoms with Gasteiger partial charge in [-0.15, -0.1) is 0 Å². The van der Waals surface area contributed by atoms with Crippen molar-refractivity contribution < 1.29 is 11.9 Å². The number of hydrogen-bond donors (Lipinski definition) is 3. The molecule has 1 heterocycles. The molecule has 8 heteroatoms. The van der Waals surface area contributed by atoms with Gasteiger partial charge in [-0.1, -0.05) is 0 Å². The molecule has 3 N–H and O–H groups in total. The Morgan fingerprint density at radius 3 is 2.36 bits per heavy atom. The number of nitrogens with one attached hydrogen (secondary N) is 1. The van der Waals surface area contributed by atoms with E-state index in [1.165, 1.54) is 12.1 Å². The molecule has 3 aromatic rings. The molecule has 0 aliphatic carbocycles. The first-order valence-corrected chi connectivity index (χ1v) is 10.0. The first-order chi connectivity index (χ1) is 10.4. The molecule has 0 bridgehead atoms. The predicted molar refractivity (Wildman–Crippen MR) is 84.8 cm³/mol. The second kappa shape index (κ2) is 5.74. The maximum absolute atomic E-state index is 11.2. The third-order valence-electron chi connectivity index (χ3n) is 3.04. The van der Waals surface area contributed by atoms with Crippen LogP contribution in [-0.4, -0.2) is 32.3 Å². The molecule has 0 unspecified atom stereocenters. The standard InChI is InChI=1S/C14H11AsClN3O3/c16-14-18-12-4-2-1-3-11(12)13(19-14)17-10-7-5-9(6-8-10)15(20,21)22/h1-8H,(H,17,18,19)(H2,20,21,22). The Hall–Kier alpha value is -1.85. The number of fused-ring (bicyclic) bond motifs is 1. The fourth-order valence-electron chi connectivity index (χ4n) is 2.02. The first-order valence-electron chi connectivity index (χ1n) is 6.29. The van der Waals surface area contributed by atoms with E-state index in [2.05, 4.69) is 15.3 Å². The van der Waals surface area contributed by atoms with Crippen LogP contribution in [-0.2, 0) is 3.74 Å². The molecule has 0 radical (unpaired) electrons. The van der Waals surface area contributed by atoms with E-state index in [-0.39, 0.29) is 9.63 Å². The van der Waals surface area contributed by atoms with E-state index in [1.807, 2.05) is 24.3 Å². The fraction of sp³-hybridized carbons (Fsp3) is 0. The van der Waals surface area contributed by atoms with Crippen LogP contribution in [0.3, 0.4) is 0 Å². The molecule has 0 atom stereocenters. The molecule has 0 fully saturated rings. The van der Waals surface area contributed by atoms with Crippen molar-refractivity contribution in [3.05, 3.63) is 53.8 Å². The van der Waals surface area contributed by atoms with Crippen molar-refractivity contribution in [3.63, 3.8) is 0 Å². The van der Waals surface area contributed by atoms with E-state index < -0.39 is 14.2 Å². The Kier molecular flexibility index (Phi) is 3.93. The Morgan fingerprint density at radius 2 is 1.68 bits per heavy atom. The summed E-state index contributed by atoms with van der Waals surface area (Å²) in [4.78, 5) is 8.30. The minimum atomic E-state index is -4.86. The third kappa shape index (κ3) is 3.15. The zero-order chi connectivity index (χ0) is 15.7. The van der Waals surface area contributed by atoms with Gasteiger partial charge in [-0.2, -0.15) is 0 Å². The monoisotopic (exact) mass is 379 g/mol. The second-order valence-corrected chi connectivity index (χ2v) is 8.28. The molecule has 0 amide bonds. The van der Waals surface area contributed by atoms with Crippen molar-refractivity contribution in [3.8, 4) is 0 Å². The van der Waals surface area contributed by atoms with E-state index in [1.54, 1.807) is 12.1 Å². The molecule has 3 rings (SSSR count). The average Bonchev–Trinajstić information content (AvgIpc) is 2.46. The van der Waals surface area contributed by atoms with Crippen LogP contribution in [0, 0.1) is 0 Å². The van der Waals surface area contributed by atoms with Crippen LogP contribution in [0.2, 0.25) is 5.28 Å². The number of hydrogen-bond acceptors (Lipinski definition) is 4. The van der Waals surface area contributed by atoms with Crippen molar-refractivity contribution in [2.45, 2.75) is 0 Å². The zero-order valence-electron chi connectivity index (χ0n) is 11.1. The average molecular weight is 380 g/mol. The summed E-state index contributed by atoms with van der Waals surface area (Å²) >= 11 is 1.05. The molecule has 6 nitrogen and oxygen atoms in total. The molecule has 0 saturated carbocycles. The van der Waals surface area contributed by atoms with E-state index in [9.17, 15) is 3.74 Å². The Bertz CT molecular complexity index is 880. The van der Waals surface area contributed by atoms with Crippen molar-refractivity contribution in [1.29, 1.82) is 0 Å². The summed E-state index contributed by atoms with van der Waals surface area (Å²) < 4.78 is 29.6. The molecule has 0 saturated heterocycles. The molecule has 1 aromatic heterocycles. The molecular formula is C14H11AsClN3O3. The number of benzene rings is 2. The van der Waals surface area contributed by atoms with Gasteiger partial charge in [0.05, 0.1) is 0 Å². The van der Waals surface area contributed by atoms with Crippen LogP contribution in [0.5, 0.6) is 0 Å². The minimum absolute atomic E-state index is 0.0225. The van der Waals surface area contributed by atoms with Gasteiger partial charge in [-0.3, -0.25) is 0 Å². The van der Waals surface area contributed by atoms with Crippen molar-refractivity contribution in [2.24, 2.45) is 0 Å². The quantitative estimate of drug-likeness (QED) is 0.472. The van der Waals surface area contributed by atoms with Crippen LogP contribution < -0.4 is 9.67 Å². The van der Waals surface area contributed by atoms with Crippen LogP contribution >= 0.6 is 11.6 Å². The van der Waals surface area contributed by atoms with Crippen molar-refractivity contribution in [2.75, 3.05) is 5.32 Å². The summed E-state index contributed by atoms with van der Waals surface area (Å²) in [5.74, 6) is 0.532. The SMILES string of the molecule is O=[As](O)(O)c1ccc(Nc2nc(Cl)nc3ccccc23)cc1. The number of aromatic nitrogens is 2. The summed E-state index contributed by atoms with van der Waals surface area (Å²) in [6.45, 7) is 0. The number of para-hydroxylation sites is 1. The molecule has 112 valence electrons. The number of rotatable bonds is 3. The van der Waals surface area contributed by atoms with Gasteiger partial charge in [0.25, 0.3) is 0 Å². The molecule has 0 aliphatic rings. The second-order valence-electron chi connectivity index (χ2n) is 4.57. The fourth-order valence-corrected chi connectivity index (χ4v) is 3.32. The van der Waals surface area contributed by atoms with Crippen molar-refractivity contribution in [1.82, 2.24) is 9.97 Å². The van der Waals surface area contributed by atoms with Gasteiger partial charge in [-0.25, -0.2) is 0 Å². The zero-order valence-corrected chi connectivity index (χ0v) is 13.8. The summed E-state index contributed by atoms with van der Waals surface area (Å²) in [6, 6.07) is 13.4. The van der Waals surface area contributed by atoms with Gasteiger partial charge in [-0.05, 0) is 0 Å². The van der Waals surface area contributed by atoms with E-state index in [0.29, 0.717) is 17.0 Å². The van der Waals surface area contributed by atoms with E-state index in [4.69, 9.17) is 19.8 Å². The van der Waals surface area contributed by atoms with Crippen LogP contribution in [0.25, 0.3) is 10.9 Å². The molecule has 22 heavy (non-hydrogen) atoms. The number of anilines is 2. The molecular weight excluding hydrogens is 369 g/mol. The normalized spacial score (nSPS) is 11.6. The van der Waals surface area contributed by atoms with Gasteiger partial charge >= 0.3 is 134 Å². The number of nitrogens with zero attached hydrogens (tertiary/aromatic N) is 2. The molecule has 0 spiro atoms. The molecule has 0 aliphatic heterocycles. The third-order valence-corrected chi connectivity index (χ3v) is 5.25. The summed E-state index contributed by atoms with van der Waals surface area (Å²) in [5.41, 5.74) is 1.35. The van der Waals surface area contributed by atoms with Gasteiger partial charge in [0, 0.05) is 0 Å². The Morgan fingerprint density at radius 1 is 1.00 bits per heavy atom. The first kappa shape index (κ1) is 15.1. The summed E-state index contributed by atoms with van der Waals surface area (Å²) in [5, 5.41) is 4.01. The summed E-state index contributed by atoms with van der Waals surface area (Å²) in [7, 11) is 0. The predicted octanol–water partition coefficient (Wildman–Crippen LogP) is 1.59. The van der Waals surface area contributed by atoms with E-state index >= 15 is 0 Å². The van der Waals surface area contributed by atoms with Crippen LogP contribution in [0.4, 0.5) is 11.5 Å². The number of halogens is 1. The Labute approximate surface area is 133 Å². The van der Waals surface area contributed by atoms with Gasteiger partial charge < -0.3 is 0 Å². The van der Waals surface area contributed by atoms with Crippen LogP contribution in [0.1, 0.15) is 0 Å². The van der Waals surface area contributed by atoms with Crippen LogP contribution in [0.15, 0.2) is 48.5 Å². The van der Waals surface area contributed by atoms with Gasteiger partial charge in [0.2, 0.25) is 0 Å². The Balaban J connectivity index is 1.98. The van der Waals surface area contributed by atoms with E-state index in [0.717, 1.165) is 5.39 Å². The van der Waals surface area contributed by atoms with Gasteiger partial charge in [0.1, 0.15) is 0 Å². The summed E-state index contributed by atoms with van der Waals surface area (Å²) in [6.07, 6.45) is 0. The topological polar surface area (TPSA) is 95.3 Å².